The van der Waals surface area contributed by atoms with Gasteiger partial charge in [-0.3, -0.25) is 0 Å². The van der Waals surface area contributed by atoms with Crippen LogP contribution in [0.5, 0.6) is 17.2 Å². The summed E-state index contributed by atoms with van der Waals surface area (Å²) in [5.41, 5.74) is 11.0. The van der Waals surface area contributed by atoms with E-state index in [1.807, 2.05) is 36.4 Å². The van der Waals surface area contributed by atoms with Gasteiger partial charge in [-0.25, -0.2) is 0 Å². The third-order valence-electron chi connectivity index (χ3n) is 8.74. The molecule has 0 aliphatic heterocycles. The summed E-state index contributed by atoms with van der Waals surface area (Å²) in [4.78, 5) is 0. The van der Waals surface area contributed by atoms with Gasteiger partial charge in [-0.2, -0.15) is 0 Å². The molecule has 6 aromatic carbocycles. The van der Waals surface area contributed by atoms with Crippen molar-refractivity contribution >= 4 is 7.32 Å². The molecule has 0 N–H and O–H groups in total. The van der Waals surface area contributed by atoms with E-state index in [2.05, 4.69) is 130 Å². The van der Waals surface area contributed by atoms with Crippen molar-refractivity contribution in [1.82, 2.24) is 0 Å². The van der Waals surface area contributed by atoms with Gasteiger partial charge in [-0.1, -0.05) is 149 Å². The second-order valence-corrected chi connectivity index (χ2v) is 12.6. The minimum Gasteiger partial charge on any atom is -0.490 e. The molecule has 0 aliphatic rings. The molecule has 0 aliphatic carbocycles. The van der Waals surface area contributed by atoms with Crippen LogP contribution in [0.25, 0.3) is 33.4 Å². The first-order chi connectivity index (χ1) is 24.1. The highest BCUT2D eigenvalue weighted by Crippen LogP contribution is 2.28. The smallest absolute Gasteiger partial charge is 0.490 e. The molecule has 6 aromatic rings. The summed E-state index contributed by atoms with van der Waals surface area (Å²) >= 11 is 0. The van der Waals surface area contributed by atoms with Crippen molar-refractivity contribution in [2.75, 3.05) is 0 Å². The van der Waals surface area contributed by atoms with E-state index in [0.29, 0.717) is 17.2 Å². The van der Waals surface area contributed by atoms with Crippen LogP contribution in [-0.4, -0.2) is 7.32 Å². The molecule has 0 heterocycles. The maximum atomic E-state index is 6.32. The van der Waals surface area contributed by atoms with Crippen LogP contribution in [0.2, 0.25) is 0 Å². The molecule has 4 heteroatoms. The predicted molar refractivity (Wildman–Crippen MR) is 205 cm³/mol. The second-order valence-electron chi connectivity index (χ2n) is 12.6. The molecular weight excluding hydrogens is 599 g/mol. The zero-order chi connectivity index (χ0) is 33.8. The van der Waals surface area contributed by atoms with E-state index in [-0.39, 0.29) is 0 Å². The van der Waals surface area contributed by atoms with Gasteiger partial charge >= 0.3 is 7.32 Å². The fourth-order valence-corrected chi connectivity index (χ4v) is 6.04. The van der Waals surface area contributed by atoms with Crippen molar-refractivity contribution < 1.29 is 14.0 Å². The standard InChI is InChI=1S/C45H45BO3/c1-4-7-34-10-16-37(17-11-34)40-22-28-43(29-23-40)47-46(48-44-30-24-41(25-31-44)38-18-12-35(8-5-2)13-19-38)49-45-32-26-42(27-33-45)39-20-14-36(9-6-3)15-21-39/h10-33H,4-9H2,1-3H3. The Bertz CT molecular complexity index is 1640. The number of aryl methyl sites for hydroxylation is 3. The van der Waals surface area contributed by atoms with Crippen LogP contribution in [0, 0.1) is 0 Å². The summed E-state index contributed by atoms with van der Waals surface area (Å²) in [5, 5.41) is 0. The molecule has 0 aromatic heterocycles. The van der Waals surface area contributed by atoms with E-state index >= 15 is 0 Å². The Morgan fingerprint density at radius 2 is 0.510 bits per heavy atom. The third-order valence-corrected chi connectivity index (χ3v) is 8.74. The van der Waals surface area contributed by atoms with Gasteiger partial charge in [-0.05, 0) is 106 Å². The minimum atomic E-state index is -1.00. The number of hydrogen-bond acceptors (Lipinski definition) is 3. The van der Waals surface area contributed by atoms with Crippen LogP contribution < -0.4 is 14.0 Å². The van der Waals surface area contributed by atoms with Crippen LogP contribution in [-0.2, 0) is 19.3 Å². The molecule has 0 radical (unpaired) electrons. The van der Waals surface area contributed by atoms with Crippen molar-refractivity contribution in [2.24, 2.45) is 0 Å². The molecule has 0 saturated carbocycles. The summed E-state index contributed by atoms with van der Waals surface area (Å²) in [5.74, 6) is 1.97. The molecule has 0 bridgehead atoms. The van der Waals surface area contributed by atoms with Crippen molar-refractivity contribution in [1.29, 1.82) is 0 Å². The van der Waals surface area contributed by atoms with Gasteiger partial charge in [0.2, 0.25) is 0 Å². The minimum absolute atomic E-state index is 0.656. The topological polar surface area (TPSA) is 27.7 Å². The number of hydrogen-bond donors (Lipinski definition) is 0. The second kappa shape index (κ2) is 16.7. The van der Waals surface area contributed by atoms with Crippen LogP contribution in [0.4, 0.5) is 0 Å². The molecule has 6 rings (SSSR count). The summed E-state index contributed by atoms with van der Waals surface area (Å²) < 4.78 is 19.0. The molecule has 0 atom stereocenters. The zero-order valence-electron chi connectivity index (χ0n) is 28.9. The van der Waals surface area contributed by atoms with E-state index in [1.54, 1.807) is 0 Å². The highest BCUT2D eigenvalue weighted by atomic mass is 16.7. The first kappa shape index (κ1) is 33.7. The molecule has 0 saturated heterocycles. The van der Waals surface area contributed by atoms with E-state index in [4.69, 9.17) is 14.0 Å². The third kappa shape index (κ3) is 9.24. The summed E-state index contributed by atoms with van der Waals surface area (Å²) in [7, 11) is -1.00. The summed E-state index contributed by atoms with van der Waals surface area (Å²) in [6, 6.07) is 50.6. The van der Waals surface area contributed by atoms with Gasteiger partial charge in [0.05, 0.1) is 0 Å². The van der Waals surface area contributed by atoms with Crippen LogP contribution in [0.15, 0.2) is 146 Å². The average molecular weight is 645 g/mol. The molecule has 0 spiro atoms. The van der Waals surface area contributed by atoms with E-state index < -0.39 is 7.32 Å². The van der Waals surface area contributed by atoms with Gasteiger partial charge < -0.3 is 14.0 Å². The Morgan fingerprint density at radius 1 is 0.306 bits per heavy atom. The lowest BCUT2D eigenvalue weighted by Gasteiger charge is -2.17. The van der Waals surface area contributed by atoms with Crippen LogP contribution >= 0.6 is 0 Å². The van der Waals surface area contributed by atoms with Gasteiger partial charge in [0.25, 0.3) is 0 Å². The molecular formula is C45H45BO3. The Hall–Kier alpha value is -5.22. The molecule has 0 fully saturated rings. The monoisotopic (exact) mass is 644 g/mol. The fraction of sp³-hybridized carbons (Fsp3) is 0.200. The van der Waals surface area contributed by atoms with Gasteiger partial charge in [0.15, 0.2) is 0 Å². The molecule has 3 nitrogen and oxygen atoms in total. The lowest BCUT2D eigenvalue weighted by molar-refractivity contribution is 0.307. The van der Waals surface area contributed by atoms with Gasteiger partial charge in [-0.15, -0.1) is 0 Å². The zero-order valence-corrected chi connectivity index (χ0v) is 28.9. The van der Waals surface area contributed by atoms with Crippen molar-refractivity contribution in [3.63, 3.8) is 0 Å². The molecule has 49 heavy (non-hydrogen) atoms. The molecule has 246 valence electrons. The van der Waals surface area contributed by atoms with E-state index in [1.165, 1.54) is 33.4 Å². The van der Waals surface area contributed by atoms with Gasteiger partial charge in [0, 0.05) is 0 Å². The predicted octanol–water partition coefficient (Wildman–Crippen LogP) is 12.1. The van der Waals surface area contributed by atoms with Crippen LogP contribution in [0.3, 0.4) is 0 Å². The van der Waals surface area contributed by atoms with Crippen molar-refractivity contribution in [3.05, 3.63) is 162 Å². The SMILES string of the molecule is CCCc1ccc(-c2ccc(OB(Oc3ccc(-c4ccc(CCC)cc4)cc3)Oc3ccc(-c4ccc(CCC)cc4)cc3)cc2)cc1. The number of rotatable bonds is 15. The first-order valence-electron chi connectivity index (χ1n) is 17.7. The lowest BCUT2D eigenvalue weighted by Crippen LogP contribution is -2.36. The Balaban J connectivity index is 1.18. The quantitative estimate of drug-likeness (QED) is 0.104. The Morgan fingerprint density at radius 3 is 0.714 bits per heavy atom. The normalized spacial score (nSPS) is 10.8. The first-order valence-corrected chi connectivity index (χ1v) is 17.7. The van der Waals surface area contributed by atoms with Gasteiger partial charge in [0.1, 0.15) is 17.2 Å². The maximum absolute atomic E-state index is 6.32. The highest BCUT2D eigenvalue weighted by molar-refractivity contribution is 6.39. The largest absolute Gasteiger partial charge is 0.864 e. The van der Waals surface area contributed by atoms with Crippen LogP contribution in [0.1, 0.15) is 56.7 Å². The van der Waals surface area contributed by atoms with Crippen molar-refractivity contribution in [3.8, 4) is 50.6 Å². The van der Waals surface area contributed by atoms with E-state index in [0.717, 1.165) is 55.2 Å². The average Bonchev–Trinajstić information content (AvgIpc) is 3.14. The summed E-state index contributed by atoms with van der Waals surface area (Å²) in [6.07, 6.45) is 6.72. The lowest BCUT2D eigenvalue weighted by atomic mass is 10.0. The van der Waals surface area contributed by atoms with Crippen molar-refractivity contribution in [2.45, 2.75) is 59.3 Å². The van der Waals surface area contributed by atoms with E-state index in [9.17, 15) is 0 Å². The fourth-order valence-electron chi connectivity index (χ4n) is 6.04. The molecule has 0 amide bonds. The Labute approximate surface area is 292 Å². The number of benzene rings is 6. The summed E-state index contributed by atoms with van der Waals surface area (Å²) in [6.45, 7) is 6.62. The maximum Gasteiger partial charge on any atom is 0.864 e. The highest BCUT2D eigenvalue weighted by Gasteiger charge is 2.30. The Kier molecular flexibility index (Phi) is 11.5. The molecule has 0 unspecified atom stereocenters.